The van der Waals surface area contributed by atoms with E-state index in [9.17, 15) is 9.18 Å². The molecule has 0 saturated carbocycles. The smallest absolute Gasteiger partial charge is 0.324 e. The zero-order chi connectivity index (χ0) is 25.8. The highest BCUT2D eigenvalue weighted by Crippen LogP contribution is 2.34. The van der Waals surface area contributed by atoms with Crippen LogP contribution in [0.4, 0.5) is 10.4 Å². The van der Waals surface area contributed by atoms with Crippen molar-refractivity contribution in [2.45, 2.75) is 51.9 Å². The van der Waals surface area contributed by atoms with Crippen molar-refractivity contribution in [3.8, 4) is 5.75 Å². The van der Waals surface area contributed by atoms with Crippen LogP contribution in [0.5, 0.6) is 5.75 Å². The number of halogens is 1. The van der Waals surface area contributed by atoms with E-state index in [1.807, 2.05) is 36.6 Å². The fourth-order valence-corrected chi connectivity index (χ4v) is 6.17. The van der Waals surface area contributed by atoms with Crippen LogP contribution in [0.3, 0.4) is 0 Å². The summed E-state index contributed by atoms with van der Waals surface area (Å²) in [4.78, 5) is 21.4. The van der Waals surface area contributed by atoms with Gasteiger partial charge in [0.15, 0.2) is 17.4 Å². The normalized spacial score (nSPS) is 21.3. The minimum absolute atomic E-state index is 0.0582. The van der Waals surface area contributed by atoms with Crippen molar-refractivity contribution in [2.75, 3.05) is 49.2 Å². The molecule has 2 aliphatic heterocycles. The molecule has 3 aliphatic rings. The van der Waals surface area contributed by atoms with Gasteiger partial charge in [-0.3, -0.25) is 4.79 Å². The topological polar surface area (TPSA) is 71.7 Å². The molecule has 0 N–H and O–H groups in total. The lowest BCUT2D eigenvalue weighted by atomic mass is 9.85. The SMILES string of the molecule is CC(C)c1noc(N2CCC(COc3ccc(C4=CCC(C(=O)N5CCSCC5)CC4)cc3F)CC2)n1. The molecule has 3 heterocycles. The molecular weight excluding hydrogens is 491 g/mol. The fraction of sp³-hybridized carbons (Fsp3) is 0.607. The van der Waals surface area contributed by atoms with E-state index in [2.05, 4.69) is 21.1 Å². The average molecular weight is 529 g/mol. The number of allylic oxidation sites excluding steroid dienone is 2. The van der Waals surface area contributed by atoms with Crippen LogP contribution >= 0.6 is 11.8 Å². The van der Waals surface area contributed by atoms with Crippen molar-refractivity contribution in [3.63, 3.8) is 0 Å². The fourth-order valence-electron chi connectivity index (χ4n) is 5.27. The van der Waals surface area contributed by atoms with Gasteiger partial charge < -0.3 is 19.1 Å². The van der Waals surface area contributed by atoms with E-state index in [4.69, 9.17) is 9.26 Å². The van der Waals surface area contributed by atoms with Crippen LogP contribution in [0.25, 0.3) is 5.57 Å². The monoisotopic (exact) mass is 528 g/mol. The van der Waals surface area contributed by atoms with Crippen molar-refractivity contribution in [1.82, 2.24) is 15.0 Å². The molecule has 1 atom stereocenters. The van der Waals surface area contributed by atoms with Gasteiger partial charge in [0.05, 0.1) is 6.61 Å². The van der Waals surface area contributed by atoms with E-state index in [0.29, 0.717) is 24.3 Å². The average Bonchev–Trinajstić information content (AvgIpc) is 3.44. The van der Waals surface area contributed by atoms with Crippen LogP contribution < -0.4 is 9.64 Å². The summed E-state index contributed by atoms with van der Waals surface area (Å²) in [6, 6.07) is 5.85. The number of carbonyl (C=O) groups is 1. The molecule has 37 heavy (non-hydrogen) atoms. The first-order valence-electron chi connectivity index (χ1n) is 13.5. The molecule has 0 radical (unpaired) electrons. The second-order valence-corrected chi connectivity index (χ2v) is 11.8. The first kappa shape index (κ1) is 26.1. The molecule has 2 aromatic rings. The molecule has 2 saturated heterocycles. The second-order valence-electron chi connectivity index (χ2n) is 10.6. The van der Waals surface area contributed by atoms with E-state index in [1.165, 1.54) is 0 Å². The highest BCUT2D eigenvalue weighted by atomic mass is 32.2. The molecule has 9 heteroatoms. The van der Waals surface area contributed by atoms with Gasteiger partial charge >= 0.3 is 6.01 Å². The van der Waals surface area contributed by atoms with Gasteiger partial charge in [0.2, 0.25) is 5.91 Å². The van der Waals surface area contributed by atoms with Crippen molar-refractivity contribution < 1.29 is 18.4 Å². The van der Waals surface area contributed by atoms with Crippen LogP contribution in [-0.2, 0) is 4.79 Å². The Morgan fingerprint density at radius 1 is 1.19 bits per heavy atom. The van der Waals surface area contributed by atoms with E-state index in [-0.39, 0.29) is 23.6 Å². The maximum absolute atomic E-state index is 14.9. The van der Waals surface area contributed by atoms with Crippen LogP contribution in [0.15, 0.2) is 28.8 Å². The minimum atomic E-state index is -0.327. The first-order valence-corrected chi connectivity index (χ1v) is 14.7. The molecule has 1 aromatic carbocycles. The second kappa shape index (κ2) is 11.9. The summed E-state index contributed by atoms with van der Waals surface area (Å²) < 4.78 is 26.2. The number of rotatable bonds is 7. The Labute approximate surface area is 222 Å². The van der Waals surface area contributed by atoms with E-state index < -0.39 is 0 Å². The summed E-state index contributed by atoms with van der Waals surface area (Å²) in [5.74, 6) is 3.72. The van der Waals surface area contributed by atoms with E-state index >= 15 is 0 Å². The molecular formula is C28H37FN4O3S. The quantitative estimate of drug-likeness (QED) is 0.477. The molecule has 1 amide bonds. The standard InChI is InChI=1S/C28H37FN4O3S/c1-19(2)26-30-28(36-31-26)33-11-9-20(10-12-33)18-35-25-8-7-23(17-24(25)29)21-3-5-22(6-4-21)27(34)32-13-15-37-16-14-32/h3,7-8,17,19-20,22H,4-6,9-16,18H2,1-2H3. The van der Waals surface area contributed by atoms with E-state index in [0.717, 1.165) is 86.7 Å². The number of hydrogen-bond donors (Lipinski definition) is 0. The highest BCUT2D eigenvalue weighted by Gasteiger charge is 2.28. The largest absolute Gasteiger partial charge is 0.490 e. The molecule has 0 spiro atoms. The Morgan fingerprint density at radius 2 is 1.97 bits per heavy atom. The van der Waals surface area contributed by atoms with Gasteiger partial charge in [-0.1, -0.05) is 31.1 Å². The van der Waals surface area contributed by atoms with Gasteiger partial charge in [-0.2, -0.15) is 16.7 Å². The lowest BCUT2D eigenvalue weighted by Crippen LogP contribution is -2.41. The number of benzene rings is 1. The molecule has 1 aliphatic carbocycles. The van der Waals surface area contributed by atoms with Crippen LogP contribution in [0, 0.1) is 17.7 Å². The Balaban J connectivity index is 1.10. The predicted octanol–water partition coefficient (Wildman–Crippen LogP) is 5.39. The number of nitrogens with zero attached hydrogens (tertiary/aromatic N) is 4. The van der Waals surface area contributed by atoms with Crippen molar-refractivity contribution in [1.29, 1.82) is 0 Å². The molecule has 1 aromatic heterocycles. The number of amides is 1. The van der Waals surface area contributed by atoms with Crippen LogP contribution in [0.2, 0.25) is 0 Å². The highest BCUT2D eigenvalue weighted by molar-refractivity contribution is 7.99. The maximum Gasteiger partial charge on any atom is 0.324 e. The number of thioether (sulfide) groups is 1. The van der Waals surface area contributed by atoms with Gasteiger partial charge in [0.1, 0.15) is 0 Å². The zero-order valence-electron chi connectivity index (χ0n) is 21.8. The molecule has 0 bridgehead atoms. The summed E-state index contributed by atoms with van der Waals surface area (Å²) in [5, 5.41) is 4.05. The lowest BCUT2D eigenvalue weighted by molar-refractivity contribution is -0.135. The molecule has 7 nitrogen and oxygen atoms in total. The summed E-state index contributed by atoms with van der Waals surface area (Å²) in [5.41, 5.74) is 2.01. The van der Waals surface area contributed by atoms with Gasteiger partial charge in [-0.25, -0.2) is 4.39 Å². The van der Waals surface area contributed by atoms with Gasteiger partial charge in [-0.05, 0) is 61.3 Å². The molecule has 5 rings (SSSR count). The predicted molar refractivity (Wildman–Crippen MR) is 144 cm³/mol. The Hall–Kier alpha value is -2.55. The van der Waals surface area contributed by atoms with Crippen molar-refractivity contribution in [2.24, 2.45) is 11.8 Å². The van der Waals surface area contributed by atoms with Gasteiger partial charge in [0.25, 0.3) is 0 Å². The van der Waals surface area contributed by atoms with Gasteiger partial charge in [0, 0.05) is 49.5 Å². The van der Waals surface area contributed by atoms with Crippen LogP contribution in [-0.4, -0.2) is 65.2 Å². The number of carbonyl (C=O) groups excluding carboxylic acids is 1. The minimum Gasteiger partial charge on any atom is -0.490 e. The third-order valence-corrected chi connectivity index (χ3v) is 8.64. The van der Waals surface area contributed by atoms with E-state index in [1.54, 1.807) is 12.1 Å². The van der Waals surface area contributed by atoms with Crippen LogP contribution in [0.1, 0.15) is 63.3 Å². The lowest BCUT2D eigenvalue weighted by Gasteiger charge is -2.31. The maximum atomic E-state index is 14.9. The van der Waals surface area contributed by atoms with Crippen molar-refractivity contribution >= 4 is 29.3 Å². The molecule has 2 fully saturated rings. The van der Waals surface area contributed by atoms with Gasteiger partial charge in [-0.15, -0.1) is 0 Å². The summed E-state index contributed by atoms with van der Waals surface area (Å²) in [6.45, 7) is 7.95. The third-order valence-electron chi connectivity index (χ3n) is 7.69. The molecule has 1 unspecified atom stereocenters. The molecule has 200 valence electrons. The number of hydrogen-bond acceptors (Lipinski definition) is 7. The summed E-state index contributed by atoms with van der Waals surface area (Å²) in [7, 11) is 0. The Kier molecular flexibility index (Phi) is 8.37. The third kappa shape index (κ3) is 6.30. The Morgan fingerprint density at radius 3 is 2.62 bits per heavy atom. The number of anilines is 1. The Bertz CT molecular complexity index is 1110. The number of aromatic nitrogens is 2. The number of ether oxygens (including phenoxy) is 1. The summed E-state index contributed by atoms with van der Waals surface area (Å²) >= 11 is 1.91. The number of piperidine rings is 1. The zero-order valence-corrected chi connectivity index (χ0v) is 22.6. The van der Waals surface area contributed by atoms with Crippen molar-refractivity contribution in [3.05, 3.63) is 41.5 Å². The first-order chi connectivity index (χ1) is 18.0. The summed E-state index contributed by atoms with van der Waals surface area (Å²) in [6.07, 6.45) is 6.36.